The molecule has 5 atom stereocenters. The highest BCUT2D eigenvalue weighted by molar-refractivity contribution is 5.84. The average Bonchev–Trinajstić information content (AvgIpc) is 3.62. The molecule has 5 heterocycles. The minimum Gasteiger partial charge on any atom is -0.422 e. The van der Waals surface area contributed by atoms with Gasteiger partial charge in [-0.15, -0.1) is 5.10 Å². The number of ether oxygens (including phenoxy) is 1. The Bertz CT molecular complexity index is 2180. The van der Waals surface area contributed by atoms with E-state index in [1.54, 1.807) is 18.3 Å². The van der Waals surface area contributed by atoms with E-state index in [9.17, 15) is 25.2 Å². The van der Waals surface area contributed by atoms with Crippen LogP contribution in [0, 0.1) is 5.82 Å². The van der Waals surface area contributed by atoms with Crippen molar-refractivity contribution in [1.82, 2.24) is 19.9 Å². The predicted octanol–water partition coefficient (Wildman–Crippen LogP) is 1.81. The smallest absolute Gasteiger partial charge is 0.343 e. The van der Waals surface area contributed by atoms with Gasteiger partial charge in [0.15, 0.2) is 6.23 Å². The molecule has 2 aliphatic heterocycles. The highest BCUT2D eigenvalue weighted by atomic mass is 19.1. The molecule has 2 aliphatic rings. The summed E-state index contributed by atoms with van der Waals surface area (Å²) in [5, 5.41) is 50.0. The maximum atomic E-state index is 15.5. The van der Waals surface area contributed by atoms with E-state index in [-0.39, 0.29) is 5.82 Å². The topological polar surface area (TPSA) is 165 Å². The summed E-state index contributed by atoms with van der Waals surface area (Å²) in [4.78, 5) is 19.3. The van der Waals surface area contributed by atoms with E-state index in [4.69, 9.17) is 9.15 Å². The van der Waals surface area contributed by atoms with Crippen molar-refractivity contribution in [2.24, 2.45) is 7.05 Å². The van der Waals surface area contributed by atoms with Crippen molar-refractivity contribution in [1.29, 1.82) is 0 Å². The van der Waals surface area contributed by atoms with Gasteiger partial charge in [0.1, 0.15) is 42.9 Å². The van der Waals surface area contributed by atoms with Crippen molar-refractivity contribution >= 4 is 45.4 Å². The van der Waals surface area contributed by atoms with Crippen LogP contribution in [0.3, 0.4) is 0 Å². The van der Waals surface area contributed by atoms with Crippen molar-refractivity contribution in [3.63, 3.8) is 0 Å². The van der Waals surface area contributed by atoms with Gasteiger partial charge in [0.2, 0.25) is 11.2 Å². The Morgan fingerprint density at radius 3 is 2.45 bits per heavy atom. The van der Waals surface area contributed by atoms with Gasteiger partial charge in [0, 0.05) is 86.5 Å². The van der Waals surface area contributed by atoms with E-state index >= 15 is 4.39 Å². The lowest BCUT2D eigenvalue weighted by molar-refractivity contribution is -0.646. The van der Waals surface area contributed by atoms with Crippen LogP contribution in [0.2, 0.25) is 0 Å². The van der Waals surface area contributed by atoms with Crippen molar-refractivity contribution in [2.75, 3.05) is 55.7 Å². The number of piperazine rings is 1. The molecule has 5 aromatic rings. The van der Waals surface area contributed by atoms with Crippen LogP contribution in [0.25, 0.3) is 34.0 Å². The normalized spacial score (nSPS) is 22.7. The van der Waals surface area contributed by atoms with E-state index in [1.165, 1.54) is 4.68 Å². The minimum atomic E-state index is -1.52. The first kappa shape index (κ1) is 36.6. The number of aliphatic hydroxyl groups is 4. The van der Waals surface area contributed by atoms with Crippen LogP contribution in [-0.2, 0) is 18.3 Å². The molecule has 280 valence electrons. The number of aliphatic hydroxyl groups excluding tert-OH is 4. The summed E-state index contributed by atoms with van der Waals surface area (Å²) in [6.07, 6.45) is -1.41. The molecule has 4 N–H and O–H groups in total. The van der Waals surface area contributed by atoms with Crippen LogP contribution in [0.5, 0.6) is 0 Å². The third-order valence-electron chi connectivity index (χ3n) is 10.4. The van der Waals surface area contributed by atoms with Crippen molar-refractivity contribution in [2.45, 2.75) is 51.0 Å². The Balaban J connectivity index is 1.03. The van der Waals surface area contributed by atoms with Gasteiger partial charge >= 0.3 is 5.63 Å². The molecule has 53 heavy (non-hydrogen) atoms. The van der Waals surface area contributed by atoms with Crippen LogP contribution in [-0.4, -0.2) is 111 Å². The number of rotatable bonds is 10. The second kappa shape index (κ2) is 15.3. The summed E-state index contributed by atoms with van der Waals surface area (Å²) in [5.41, 5.74) is 4.33. The van der Waals surface area contributed by atoms with Gasteiger partial charge in [-0.1, -0.05) is 5.21 Å². The monoisotopic (exact) mass is 730 g/mol. The van der Waals surface area contributed by atoms with Crippen LogP contribution >= 0.6 is 0 Å². The molecule has 7 rings (SSSR count). The fraction of sp³-hybridized carbons (Fsp3) is 0.421. The number of nitrogens with zero attached hydrogens (tertiary/aromatic N) is 7. The van der Waals surface area contributed by atoms with Gasteiger partial charge in [-0.25, -0.2) is 13.9 Å². The highest BCUT2D eigenvalue weighted by Crippen LogP contribution is 2.29. The molecule has 2 saturated heterocycles. The number of hydrogen-bond donors (Lipinski definition) is 4. The molecule has 2 fully saturated rings. The van der Waals surface area contributed by atoms with Crippen molar-refractivity contribution < 1.29 is 38.5 Å². The standard InChI is InChI=1S/C38H45FN7O7/c1-4-44(5-2)28-11-7-24-16-25(38(51)53-32(24)18-28)8-10-27-9-6-23-17-29(39)31(19-30(23)42(27)3)45-14-12-43(13-15-45)20-26-21-46(41-40-26)37-36(50)35(49)34(48)33(22-47)52-37/h6-11,16-19,21,33-37,47-50H,4-5,12-15,20,22H2,1-3H3/q+1/t33-,34-,35+,36-,37-/m1/s1. The van der Waals surface area contributed by atoms with E-state index in [0.29, 0.717) is 55.3 Å². The van der Waals surface area contributed by atoms with Crippen molar-refractivity contribution in [3.8, 4) is 0 Å². The number of aromatic nitrogens is 4. The molecule has 3 aromatic heterocycles. The SMILES string of the molecule is CCN(CC)c1ccc2cc(/C=C/c3ccc4cc(F)c(N5CCN(Cc6cn([C@@H]7O[C@H](CO)[C@@H](O)[C@H](O)[C@H]7O)nn6)CC5)cc4[n+]3C)c(=O)oc2c1. The number of anilines is 2. The van der Waals surface area contributed by atoms with E-state index < -0.39 is 42.9 Å². The molecule has 0 aliphatic carbocycles. The minimum absolute atomic E-state index is 0.311. The van der Waals surface area contributed by atoms with Crippen LogP contribution in [0.4, 0.5) is 15.8 Å². The zero-order valence-corrected chi connectivity index (χ0v) is 29.9. The van der Waals surface area contributed by atoms with Gasteiger partial charge in [0.25, 0.3) is 0 Å². The number of benzene rings is 2. The summed E-state index contributed by atoms with van der Waals surface area (Å²) >= 11 is 0. The molecule has 0 spiro atoms. The van der Waals surface area contributed by atoms with Gasteiger partial charge in [0.05, 0.1) is 29.7 Å². The number of pyridine rings is 1. The summed E-state index contributed by atoms with van der Waals surface area (Å²) in [7, 11) is 1.91. The third kappa shape index (κ3) is 7.28. The Kier molecular flexibility index (Phi) is 10.6. The summed E-state index contributed by atoms with van der Waals surface area (Å²) in [5.74, 6) is -0.311. The first-order valence-electron chi connectivity index (χ1n) is 17.9. The molecule has 0 saturated carbocycles. The van der Waals surface area contributed by atoms with Gasteiger partial charge < -0.3 is 39.4 Å². The molecule has 0 amide bonds. The average molecular weight is 731 g/mol. The lowest BCUT2D eigenvalue weighted by atomic mass is 9.98. The number of fused-ring (bicyclic) bond motifs is 2. The second-order valence-corrected chi connectivity index (χ2v) is 13.6. The molecule has 0 radical (unpaired) electrons. The Morgan fingerprint density at radius 2 is 1.72 bits per heavy atom. The van der Waals surface area contributed by atoms with Crippen molar-refractivity contribution in [3.05, 3.63) is 87.9 Å². The fourth-order valence-electron chi connectivity index (χ4n) is 7.21. The van der Waals surface area contributed by atoms with E-state index in [1.807, 2.05) is 65.1 Å². The molecule has 0 unspecified atom stereocenters. The number of halogens is 1. The first-order valence-corrected chi connectivity index (χ1v) is 17.9. The third-order valence-corrected chi connectivity index (χ3v) is 10.4. The largest absolute Gasteiger partial charge is 0.422 e. The van der Waals surface area contributed by atoms with E-state index in [2.05, 4.69) is 34.0 Å². The lowest BCUT2D eigenvalue weighted by Crippen LogP contribution is -2.56. The first-order chi connectivity index (χ1) is 25.6. The molecule has 15 heteroatoms. The number of hydrogen-bond acceptors (Lipinski definition) is 12. The van der Waals surface area contributed by atoms with Gasteiger partial charge in [-0.3, -0.25) is 4.90 Å². The Hall–Kier alpha value is -4.77. The molecule has 0 bridgehead atoms. The number of aryl methyl sites for hydroxylation is 1. The quantitative estimate of drug-likeness (QED) is 0.122. The van der Waals surface area contributed by atoms with Crippen LogP contribution < -0.4 is 20.0 Å². The Morgan fingerprint density at radius 1 is 0.962 bits per heavy atom. The second-order valence-electron chi connectivity index (χ2n) is 13.6. The van der Waals surface area contributed by atoms with E-state index in [0.717, 1.165) is 40.8 Å². The molecular formula is C38H45FN7O7+. The molecule has 14 nitrogen and oxygen atoms in total. The predicted molar refractivity (Wildman–Crippen MR) is 197 cm³/mol. The van der Waals surface area contributed by atoms with Gasteiger partial charge in [-0.05, 0) is 50.3 Å². The summed E-state index contributed by atoms with van der Waals surface area (Å²) in [6.45, 7) is 8.19. The van der Waals surface area contributed by atoms with Crippen LogP contribution in [0.1, 0.15) is 37.0 Å². The zero-order valence-electron chi connectivity index (χ0n) is 29.9. The molecular weight excluding hydrogens is 685 g/mol. The Labute approximate surface area is 305 Å². The zero-order chi connectivity index (χ0) is 37.4. The highest BCUT2D eigenvalue weighted by Gasteiger charge is 2.44. The van der Waals surface area contributed by atoms with Crippen LogP contribution in [0.15, 0.2) is 63.9 Å². The molecule has 2 aromatic carbocycles. The lowest BCUT2D eigenvalue weighted by Gasteiger charge is -2.39. The summed E-state index contributed by atoms with van der Waals surface area (Å²) in [6, 6.07) is 14.9. The maximum absolute atomic E-state index is 15.5. The van der Waals surface area contributed by atoms with Gasteiger partial charge in [-0.2, -0.15) is 4.57 Å². The maximum Gasteiger partial charge on any atom is 0.343 e. The fourth-order valence-corrected chi connectivity index (χ4v) is 7.21. The summed E-state index contributed by atoms with van der Waals surface area (Å²) < 4.78 is 30.1.